The van der Waals surface area contributed by atoms with E-state index in [4.69, 9.17) is 11.6 Å². The fourth-order valence-electron chi connectivity index (χ4n) is 1.26. The van der Waals surface area contributed by atoms with Gasteiger partial charge in [0.05, 0.1) is 6.20 Å². The van der Waals surface area contributed by atoms with Crippen LogP contribution in [-0.2, 0) is 6.54 Å². The Morgan fingerprint density at radius 2 is 2.12 bits per heavy atom. The smallest absolute Gasteiger partial charge is 0.183 e. The predicted octanol–water partition coefficient (Wildman–Crippen LogP) is 2.88. The second kappa shape index (κ2) is 4.90. The maximum Gasteiger partial charge on any atom is 0.183 e. The quantitative estimate of drug-likeness (QED) is 0.892. The molecule has 0 fully saturated rings. The molecule has 0 aliphatic carbocycles. The standard InChI is InChI=1S/C11H9ClFN3/c12-9-4-2-1-3-8(9)5-15-11-10(13)6-14-7-16-11/h1-4,6-7H,5H2,(H,14,15,16). The van der Waals surface area contributed by atoms with E-state index in [0.29, 0.717) is 11.6 Å². The molecule has 2 aromatic rings. The van der Waals surface area contributed by atoms with Crippen LogP contribution in [0.15, 0.2) is 36.8 Å². The number of rotatable bonds is 3. The first-order valence-corrected chi connectivity index (χ1v) is 5.08. The molecule has 5 heteroatoms. The molecule has 82 valence electrons. The average Bonchev–Trinajstić information content (AvgIpc) is 2.30. The van der Waals surface area contributed by atoms with Crippen molar-refractivity contribution in [3.05, 3.63) is 53.2 Å². The first-order valence-electron chi connectivity index (χ1n) is 4.70. The zero-order valence-corrected chi connectivity index (χ0v) is 9.08. The molecule has 0 saturated heterocycles. The molecule has 0 unspecified atom stereocenters. The van der Waals surface area contributed by atoms with Gasteiger partial charge in [-0.15, -0.1) is 0 Å². The molecule has 1 N–H and O–H groups in total. The molecule has 0 bridgehead atoms. The molecule has 0 aliphatic heterocycles. The Balaban J connectivity index is 2.09. The summed E-state index contributed by atoms with van der Waals surface area (Å²) in [5.41, 5.74) is 0.891. The van der Waals surface area contributed by atoms with Crippen molar-refractivity contribution in [2.45, 2.75) is 6.54 Å². The zero-order valence-electron chi connectivity index (χ0n) is 8.32. The van der Waals surface area contributed by atoms with Crippen LogP contribution in [0.3, 0.4) is 0 Å². The lowest BCUT2D eigenvalue weighted by Crippen LogP contribution is -2.04. The maximum atomic E-state index is 13.2. The Morgan fingerprint density at radius 1 is 1.31 bits per heavy atom. The normalized spacial score (nSPS) is 10.1. The predicted molar refractivity (Wildman–Crippen MR) is 60.8 cm³/mol. The molecule has 0 atom stereocenters. The number of halogens is 2. The van der Waals surface area contributed by atoms with Crippen molar-refractivity contribution >= 4 is 17.4 Å². The lowest BCUT2D eigenvalue weighted by Gasteiger charge is -2.07. The highest BCUT2D eigenvalue weighted by molar-refractivity contribution is 6.31. The number of nitrogens with one attached hydrogen (secondary N) is 1. The molecule has 0 radical (unpaired) electrons. The van der Waals surface area contributed by atoms with E-state index < -0.39 is 5.82 Å². The van der Waals surface area contributed by atoms with E-state index in [2.05, 4.69) is 15.3 Å². The highest BCUT2D eigenvalue weighted by Gasteiger charge is 2.03. The third kappa shape index (κ3) is 2.46. The highest BCUT2D eigenvalue weighted by Crippen LogP contribution is 2.16. The molecule has 1 aromatic heterocycles. The highest BCUT2D eigenvalue weighted by atomic mass is 35.5. The Morgan fingerprint density at radius 3 is 2.88 bits per heavy atom. The fraction of sp³-hybridized carbons (Fsp3) is 0.0909. The SMILES string of the molecule is Fc1cncnc1NCc1ccccc1Cl. The fourth-order valence-corrected chi connectivity index (χ4v) is 1.47. The zero-order chi connectivity index (χ0) is 11.4. The van der Waals surface area contributed by atoms with Crippen molar-refractivity contribution in [1.29, 1.82) is 0 Å². The first kappa shape index (κ1) is 10.8. The Labute approximate surface area is 97.3 Å². The third-order valence-corrected chi connectivity index (χ3v) is 2.44. The van der Waals surface area contributed by atoms with Gasteiger partial charge < -0.3 is 5.32 Å². The topological polar surface area (TPSA) is 37.8 Å². The van der Waals surface area contributed by atoms with Crippen molar-refractivity contribution in [2.75, 3.05) is 5.32 Å². The molecule has 1 heterocycles. The second-order valence-electron chi connectivity index (χ2n) is 3.16. The molecule has 0 saturated carbocycles. The van der Waals surface area contributed by atoms with Crippen LogP contribution in [0.25, 0.3) is 0 Å². The number of hydrogen-bond acceptors (Lipinski definition) is 3. The Kier molecular flexibility index (Phi) is 3.31. The van der Waals surface area contributed by atoms with Crippen LogP contribution < -0.4 is 5.32 Å². The van der Waals surface area contributed by atoms with Crippen LogP contribution in [-0.4, -0.2) is 9.97 Å². The third-order valence-electron chi connectivity index (χ3n) is 2.07. The van der Waals surface area contributed by atoms with E-state index in [1.54, 1.807) is 6.07 Å². The maximum absolute atomic E-state index is 13.2. The first-order chi connectivity index (χ1) is 7.77. The van der Waals surface area contributed by atoms with Gasteiger partial charge in [0.15, 0.2) is 11.6 Å². The summed E-state index contributed by atoms with van der Waals surface area (Å²) in [7, 11) is 0. The molecule has 0 amide bonds. The van der Waals surface area contributed by atoms with E-state index in [9.17, 15) is 4.39 Å². The van der Waals surface area contributed by atoms with Gasteiger partial charge in [-0.2, -0.15) is 0 Å². The van der Waals surface area contributed by atoms with Crippen LogP contribution in [0.4, 0.5) is 10.2 Å². The summed E-state index contributed by atoms with van der Waals surface area (Å²) in [6, 6.07) is 7.37. The van der Waals surface area contributed by atoms with Gasteiger partial charge in [-0.05, 0) is 11.6 Å². The minimum atomic E-state index is -0.477. The summed E-state index contributed by atoms with van der Waals surface area (Å²) in [4.78, 5) is 7.35. The van der Waals surface area contributed by atoms with E-state index in [-0.39, 0.29) is 5.82 Å². The van der Waals surface area contributed by atoms with Crippen molar-refractivity contribution in [1.82, 2.24) is 9.97 Å². The summed E-state index contributed by atoms with van der Waals surface area (Å²) in [6.07, 6.45) is 2.40. The molecule has 0 spiro atoms. The largest absolute Gasteiger partial charge is 0.363 e. The summed E-state index contributed by atoms with van der Waals surface area (Å²) >= 11 is 5.96. The van der Waals surface area contributed by atoms with Gasteiger partial charge in [-0.3, -0.25) is 0 Å². The van der Waals surface area contributed by atoms with Gasteiger partial charge in [0.1, 0.15) is 6.33 Å². The molecule has 1 aromatic carbocycles. The monoisotopic (exact) mass is 237 g/mol. The van der Waals surface area contributed by atoms with Crippen molar-refractivity contribution in [3.63, 3.8) is 0 Å². The van der Waals surface area contributed by atoms with Crippen molar-refractivity contribution in [2.24, 2.45) is 0 Å². The Bertz CT molecular complexity index is 445. The molecule has 16 heavy (non-hydrogen) atoms. The van der Waals surface area contributed by atoms with Gasteiger partial charge in [0.2, 0.25) is 0 Å². The summed E-state index contributed by atoms with van der Waals surface area (Å²) in [5, 5.41) is 3.50. The van der Waals surface area contributed by atoms with E-state index in [0.717, 1.165) is 11.8 Å². The average molecular weight is 238 g/mol. The lowest BCUT2D eigenvalue weighted by atomic mass is 10.2. The molecule has 2 rings (SSSR count). The lowest BCUT2D eigenvalue weighted by molar-refractivity contribution is 0.616. The minimum Gasteiger partial charge on any atom is -0.363 e. The number of aromatic nitrogens is 2. The number of nitrogens with zero attached hydrogens (tertiary/aromatic N) is 2. The summed E-state index contributed by atoms with van der Waals surface area (Å²) in [6.45, 7) is 0.424. The summed E-state index contributed by atoms with van der Waals surface area (Å²) < 4.78 is 13.2. The van der Waals surface area contributed by atoms with Crippen LogP contribution in [0, 0.1) is 5.82 Å². The van der Waals surface area contributed by atoms with Gasteiger partial charge >= 0.3 is 0 Å². The van der Waals surface area contributed by atoms with Crippen molar-refractivity contribution < 1.29 is 4.39 Å². The van der Waals surface area contributed by atoms with Crippen LogP contribution >= 0.6 is 11.6 Å². The second-order valence-corrected chi connectivity index (χ2v) is 3.57. The van der Waals surface area contributed by atoms with E-state index in [1.807, 2.05) is 18.2 Å². The molecular weight excluding hydrogens is 229 g/mol. The molecule has 3 nitrogen and oxygen atoms in total. The summed E-state index contributed by atoms with van der Waals surface area (Å²) in [5.74, 6) is -0.301. The number of hydrogen-bond donors (Lipinski definition) is 1. The van der Waals surface area contributed by atoms with E-state index >= 15 is 0 Å². The van der Waals surface area contributed by atoms with Gasteiger partial charge in [0.25, 0.3) is 0 Å². The Hall–Kier alpha value is -1.68. The van der Waals surface area contributed by atoms with Crippen LogP contribution in [0.5, 0.6) is 0 Å². The van der Waals surface area contributed by atoms with Gasteiger partial charge in [0, 0.05) is 11.6 Å². The molecular formula is C11H9ClFN3. The number of benzene rings is 1. The molecule has 0 aliphatic rings. The van der Waals surface area contributed by atoms with Crippen LogP contribution in [0.2, 0.25) is 5.02 Å². The minimum absolute atomic E-state index is 0.176. The van der Waals surface area contributed by atoms with Crippen LogP contribution in [0.1, 0.15) is 5.56 Å². The van der Waals surface area contributed by atoms with Gasteiger partial charge in [-0.25, -0.2) is 14.4 Å². The van der Waals surface area contributed by atoms with Crippen molar-refractivity contribution in [3.8, 4) is 0 Å². The van der Waals surface area contributed by atoms with Gasteiger partial charge in [-0.1, -0.05) is 29.8 Å². The number of anilines is 1. The van der Waals surface area contributed by atoms with E-state index in [1.165, 1.54) is 6.33 Å².